The van der Waals surface area contributed by atoms with Crippen LogP contribution < -0.4 is 25.0 Å². The molecule has 4 N–H and O–H groups in total. The molecule has 1 atom stereocenters. The van der Waals surface area contributed by atoms with E-state index in [0.29, 0.717) is 37.7 Å². The van der Waals surface area contributed by atoms with E-state index in [9.17, 15) is 9.59 Å². The van der Waals surface area contributed by atoms with E-state index in [0.717, 1.165) is 18.7 Å². The standard InChI is InChI=1S/C18H25N3O6/c22-7-1-4-19-17(23)18(24)20-11-14(21-5-8-25-9-6-21)13-2-3-15-16(10-13)27-12-26-15/h2-3,10,14,22H,1,4-9,11-12H2,(H,19,23)(H,20,24)/p+1/t14-/m1/s1. The Morgan fingerprint density at radius 3 is 2.63 bits per heavy atom. The highest BCUT2D eigenvalue weighted by atomic mass is 16.7. The van der Waals surface area contributed by atoms with E-state index in [1.165, 1.54) is 4.90 Å². The molecule has 0 bridgehead atoms. The van der Waals surface area contributed by atoms with Crippen LogP contribution in [0.15, 0.2) is 18.2 Å². The number of benzene rings is 1. The molecule has 9 heteroatoms. The maximum atomic E-state index is 12.1. The van der Waals surface area contributed by atoms with Crippen molar-refractivity contribution in [2.45, 2.75) is 12.5 Å². The number of fused-ring (bicyclic) bond motifs is 1. The fraction of sp³-hybridized carbons (Fsp3) is 0.556. The minimum absolute atomic E-state index is 0.0300. The minimum Gasteiger partial charge on any atom is -0.454 e. The molecule has 0 spiro atoms. The monoisotopic (exact) mass is 380 g/mol. The summed E-state index contributed by atoms with van der Waals surface area (Å²) in [4.78, 5) is 25.2. The molecule has 1 saturated heterocycles. The summed E-state index contributed by atoms with van der Waals surface area (Å²) >= 11 is 0. The molecule has 2 aliphatic rings. The summed E-state index contributed by atoms with van der Waals surface area (Å²) in [6.07, 6.45) is 0.413. The molecule has 0 aliphatic carbocycles. The summed E-state index contributed by atoms with van der Waals surface area (Å²) in [6.45, 7) is 3.71. The number of aliphatic hydroxyl groups is 1. The first-order chi connectivity index (χ1) is 13.2. The van der Waals surface area contributed by atoms with Crippen LogP contribution in [0, 0.1) is 0 Å². The van der Waals surface area contributed by atoms with Gasteiger partial charge < -0.3 is 34.9 Å². The molecular weight excluding hydrogens is 354 g/mol. The summed E-state index contributed by atoms with van der Waals surface area (Å²) in [6, 6.07) is 5.74. The van der Waals surface area contributed by atoms with Crippen LogP contribution in [0.1, 0.15) is 18.0 Å². The Hall–Kier alpha value is -2.36. The van der Waals surface area contributed by atoms with Crippen molar-refractivity contribution in [2.24, 2.45) is 0 Å². The summed E-state index contributed by atoms with van der Waals surface area (Å²) < 4.78 is 16.3. The fourth-order valence-corrected chi connectivity index (χ4v) is 3.25. The van der Waals surface area contributed by atoms with Gasteiger partial charge in [-0.3, -0.25) is 9.59 Å². The van der Waals surface area contributed by atoms with Gasteiger partial charge in [0, 0.05) is 18.7 Å². The Balaban J connectivity index is 1.65. The van der Waals surface area contributed by atoms with Crippen molar-refractivity contribution in [2.75, 3.05) is 52.8 Å². The first kappa shape index (κ1) is 19.4. The van der Waals surface area contributed by atoms with Gasteiger partial charge in [-0.2, -0.15) is 0 Å². The van der Waals surface area contributed by atoms with E-state index >= 15 is 0 Å². The van der Waals surface area contributed by atoms with Crippen LogP contribution in [0.3, 0.4) is 0 Å². The highest BCUT2D eigenvalue weighted by Crippen LogP contribution is 2.33. The van der Waals surface area contributed by atoms with Gasteiger partial charge >= 0.3 is 11.8 Å². The van der Waals surface area contributed by atoms with Crippen molar-refractivity contribution in [3.8, 4) is 11.5 Å². The minimum atomic E-state index is -0.690. The van der Waals surface area contributed by atoms with E-state index in [2.05, 4.69) is 10.6 Å². The zero-order valence-corrected chi connectivity index (χ0v) is 15.2. The van der Waals surface area contributed by atoms with Crippen molar-refractivity contribution in [1.29, 1.82) is 0 Å². The lowest BCUT2D eigenvalue weighted by Crippen LogP contribution is -3.15. The molecule has 27 heavy (non-hydrogen) atoms. The predicted octanol–water partition coefficient (Wildman–Crippen LogP) is -2.01. The number of morpholine rings is 1. The normalized spacial score (nSPS) is 17.4. The van der Waals surface area contributed by atoms with Crippen molar-refractivity contribution < 1.29 is 33.8 Å². The van der Waals surface area contributed by atoms with Crippen molar-refractivity contribution >= 4 is 11.8 Å². The van der Waals surface area contributed by atoms with Crippen LogP contribution in [-0.4, -0.2) is 69.7 Å². The van der Waals surface area contributed by atoms with Crippen LogP contribution in [0.2, 0.25) is 0 Å². The maximum absolute atomic E-state index is 12.1. The Morgan fingerprint density at radius 2 is 1.85 bits per heavy atom. The number of nitrogens with one attached hydrogen (secondary N) is 3. The van der Waals surface area contributed by atoms with Gasteiger partial charge in [-0.05, 0) is 24.6 Å². The summed E-state index contributed by atoms with van der Waals surface area (Å²) in [7, 11) is 0. The Kier molecular flexibility index (Phi) is 6.86. The molecule has 148 valence electrons. The van der Waals surface area contributed by atoms with Crippen LogP contribution in [0.25, 0.3) is 0 Å². The highest BCUT2D eigenvalue weighted by molar-refractivity contribution is 6.35. The number of quaternary nitrogens is 1. The Labute approximate surface area is 157 Å². The third-order valence-corrected chi connectivity index (χ3v) is 4.72. The molecule has 0 radical (unpaired) electrons. The average Bonchev–Trinajstić information content (AvgIpc) is 3.17. The van der Waals surface area contributed by atoms with E-state index in [-0.39, 0.29) is 26.0 Å². The van der Waals surface area contributed by atoms with Crippen molar-refractivity contribution in [1.82, 2.24) is 10.6 Å². The molecule has 1 aromatic rings. The van der Waals surface area contributed by atoms with Gasteiger partial charge in [0.1, 0.15) is 19.1 Å². The van der Waals surface area contributed by atoms with Gasteiger partial charge in [0.2, 0.25) is 6.79 Å². The molecule has 2 amide bonds. The van der Waals surface area contributed by atoms with E-state index in [1.807, 2.05) is 18.2 Å². The van der Waals surface area contributed by atoms with E-state index in [4.69, 9.17) is 19.3 Å². The van der Waals surface area contributed by atoms with Gasteiger partial charge in [-0.25, -0.2) is 0 Å². The largest absolute Gasteiger partial charge is 0.454 e. The third-order valence-electron chi connectivity index (χ3n) is 4.72. The van der Waals surface area contributed by atoms with E-state index < -0.39 is 11.8 Å². The molecule has 0 unspecified atom stereocenters. The van der Waals surface area contributed by atoms with Gasteiger partial charge in [-0.1, -0.05) is 0 Å². The predicted molar refractivity (Wildman–Crippen MR) is 94.5 cm³/mol. The van der Waals surface area contributed by atoms with Crippen LogP contribution in [0.5, 0.6) is 11.5 Å². The lowest BCUT2D eigenvalue weighted by molar-refractivity contribution is -0.937. The lowest BCUT2D eigenvalue weighted by atomic mass is 10.0. The summed E-state index contributed by atoms with van der Waals surface area (Å²) in [5, 5.41) is 14.0. The zero-order chi connectivity index (χ0) is 19.1. The topological polar surface area (TPSA) is 111 Å². The number of hydrogen-bond donors (Lipinski definition) is 4. The number of rotatable bonds is 7. The SMILES string of the molecule is O=C(NCCCO)C(=O)NC[C@H](c1ccc2c(c1)OCO2)[NH+]1CCOCC1. The smallest absolute Gasteiger partial charge is 0.309 e. The number of carbonyl (C=O) groups is 2. The molecule has 1 aromatic carbocycles. The molecule has 3 rings (SSSR count). The van der Waals surface area contributed by atoms with Crippen LogP contribution >= 0.6 is 0 Å². The number of hydrogen-bond acceptors (Lipinski definition) is 6. The third kappa shape index (κ3) is 5.09. The van der Waals surface area contributed by atoms with Crippen LogP contribution in [-0.2, 0) is 14.3 Å². The van der Waals surface area contributed by atoms with Gasteiger partial charge in [0.15, 0.2) is 11.5 Å². The van der Waals surface area contributed by atoms with Gasteiger partial charge in [0.25, 0.3) is 0 Å². The fourth-order valence-electron chi connectivity index (χ4n) is 3.25. The molecule has 9 nitrogen and oxygen atoms in total. The second kappa shape index (κ2) is 9.54. The van der Waals surface area contributed by atoms with Crippen molar-refractivity contribution in [3.63, 3.8) is 0 Å². The summed E-state index contributed by atoms with van der Waals surface area (Å²) in [5.41, 5.74) is 1.01. The average molecular weight is 380 g/mol. The molecule has 0 aromatic heterocycles. The molecule has 2 aliphatic heterocycles. The Bertz CT molecular complexity index is 662. The Morgan fingerprint density at radius 1 is 1.11 bits per heavy atom. The number of aliphatic hydroxyl groups excluding tert-OH is 1. The van der Waals surface area contributed by atoms with Gasteiger partial charge in [0.05, 0.1) is 19.8 Å². The summed E-state index contributed by atoms with van der Waals surface area (Å²) in [5.74, 6) is 0.0382. The first-order valence-corrected chi connectivity index (χ1v) is 9.18. The highest BCUT2D eigenvalue weighted by Gasteiger charge is 2.29. The maximum Gasteiger partial charge on any atom is 0.309 e. The first-order valence-electron chi connectivity index (χ1n) is 9.18. The van der Waals surface area contributed by atoms with E-state index in [1.54, 1.807) is 0 Å². The molecular formula is C18H26N3O6+. The van der Waals surface area contributed by atoms with Crippen molar-refractivity contribution in [3.05, 3.63) is 23.8 Å². The van der Waals surface area contributed by atoms with Crippen LogP contribution in [0.4, 0.5) is 0 Å². The molecule has 1 fully saturated rings. The quantitative estimate of drug-likeness (QED) is 0.321. The lowest BCUT2D eigenvalue weighted by Gasteiger charge is -2.32. The molecule has 2 heterocycles. The van der Waals surface area contributed by atoms with Gasteiger partial charge in [-0.15, -0.1) is 0 Å². The number of carbonyl (C=O) groups excluding carboxylic acids is 2. The zero-order valence-electron chi connectivity index (χ0n) is 15.2. The second-order valence-electron chi connectivity index (χ2n) is 6.48. The second-order valence-corrected chi connectivity index (χ2v) is 6.48. The number of amides is 2. The molecule has 0 saturated carbocycles. The number of ether oxygens (including phenoxy) is 3.